The van der Waals surface area contributed by atoms with Crippen molar-refractivity contribution in [1.29, 1.82) is 0 Å². The molecule has 1 unspecified atom stereocenters. The molecule has 0 amide bonds. The molecule has 2 heterocycles. The predicted octanol–water partition coefficient (Wildman–Crippen LogP) is 2.95. The fourth-order valence-corrected chi connectivity index (χ4v) is 3.76. The Kier molecular flexibility index (Phi) is 9.16. The highest BCUT2D eigenvalue weighted by molar-refractivity contribution is 14.0. The Morgan fingerprint density at radius 1 is 1.55 bits per heavy atom. The van der Waals surface area contributed by atoms with E-state index >= 15 is 0 Å². The summed E-state index contributed by atoms with van der Waals surface area (Å²) in [4.78, 5) is 11.0. The number of aryl methyl sites for hydroxylation is 1. The fourth-order valence-electron chi connectivity index (χ4n) is 2.58. The summed E-state index contributed by atoms with van der Waals surface area (Å²) in [6.45, 7) is 7.50. The lowest BCUT2D eigenvalue weighted by Crippen LogP contribution is -2.48. The molecule has 1 aromatic heterocycles. The van der Waals surface area contributed by atoms with Crippen molar-refractivity contribution in [3.8, 4) is 0 Å². The SMILES string of the molecule is CCC1CN(C(=NC)NCCc2ccncc2C)CCS1.I. The summed E-state index contributed by atoms with van der Waals surface area (Å²) >= 11 is 2.09. The van der Waals surface area contributed by atoms with Crippen LogP contribution in [0.3, 0.4) is 0 Å². The zero-order valence-corrected chi connectivity index (χ0v) is 16.9. The summed E-state index contributed by atoms with van der Waals surface area (Å²) in [7, 11) is 1.88. The van der Waals surface area contributed by atoms with Gasteiger partial charge in [-0.2, -0.15) is 11.8 Å². The number of nitrogens with one attached hydrogen (secondary N) is 1. The van der Waals surface area contributed by atoms with Crippen LogP contribution in [0, 0.1) is 6.92 Å². The number of nitrogens with zero attached hydrogens (tertiary/aromatic N) is 3. The molecule has 1 atom stereocenters. The van der Waals surface area contributed by atoms with Gasteiger partial charge in [-0.05, 0) is 37.0 Å². The number of halogens is 1. The van der Waals surface area contributed by atoms with Gasteiger partial charge in [-0.1, -0.05) is 6.92 Å². The Hall–Kier alpha value is -0.500. The van der Waals surface area contributed by atoms with Crippen LogP contribution in [0.4, 0.5) is 0 Å². The molecular weight excluding hydrogens is 407 g/mol. The summed E-state index contributed by atoms with van der Waals surface area (Å²) in [6, 6.07) is 2.10. The fraction of sp³-hybridized carbons (Fsp3) is 0.625. The van der Waals surface area contributed by atoms with Crippen LogP contribution in [0.2, 0.25) is 0 Å². The van der Waals surface area contributed by atoms with E-state index in [2.05, 4.69) is 51.9 Å². The van der Waals surface area contributed by atoms with E-state index in [4.69, 9.17) is 0 Å². The van der Waals surface area contributed by atoms with Crippen molar-refractivity contribution in [3.63, 3.8) is 0 Å². The minimum absolute atomic E-state index is 0. The second-order valence-corrected chi connectivity index (χ2v) is 6.78. The highest BCUT2D eigenvalue weighted by atomic mass is 127. The largest absolute Gasteiger partial charge is 0.356 e. The Bertz CT molecular complexity index is 481. The first-order valence-electron chi connectivity index (χ1n) is 7.71. The maximum atomic E-state index is 4.44. The van der Waals surface area contributed by atoms with Gasteiger partial charge in [-0.15, -0.1) is 24.0 Å². The average Bonchev–Trinajstić information content (AvgIpc) is 2.53. The van der Waals surface area contributed by atoms with Gasteiger partial charge < -0.3 is 10.2 Å². The maximum absolute atomic E-state index is 4.44. The first-order valence-corrected chi connectivity index (χ1v) is 8.76. The van der Waals surface area contributed by atoms with Gasteiger partial charge >= 0.3 is 0 Å². The summed E-state index contributed by atoms with van der Waals surface area (Å²) in [5.74, 6) is 2.24. The Morgan fingerprint density at radius 3 is 3.05 bits per heavy atom. The lowest BCUT2D eigenvalue weighted by atomic mass is 10.1. The number of guanidine groups is 1. The lowest BCUT2D eigenvalue weighted by Gasteiger charge is -2.34. The van der Waals surface area contributed by atoms with Crippen molar-refractivity contribution in [3.05, 3.63) is 29.6 Å². The monoisotopic (exact) mass is 434 g/mol. The van der Waals surface area contributed by atoms with E-state index in [0.29, 0.717) is 0 Å². The van der Waals surface area contributed by atoms with Crippen LogP contribution < -0.4 is 5.32 Å². The third kappa shape index (κ3) is 5.61. The number of aliphatic imine (C=N–C) groups is 1. The molecule has 2 rings (SSSR count). The van der Waals surface area contributed by atoms with Gasteiger partial charge in [-0.25, -0.2) is 0 Å². The van der Waals surface area contributed by atoms with Gasteiger partial charge in [0.2, 0.25) is 0 Å². The topological polar surface area (TPSA) is 40.5 Å². The van der Waals surface area contributed by atoms with E-state index < -0.39 is 0 Å². The second-order valence-electron chi connectivity index (χ2n) is 5.37. The molecule has 1 N–H and O–H groups in total. The van der Waals surface area contributed by atoms with Crippen molar-refractivity contribution in [2.45, 2.75) is 31.9 Å². The molecule has 1 aromatic rings. The third-order valence-corrected chi connectivity index (χ3v) is 5.29. The third-order valence-electron chi connectivity index (χ3n) is 3.92. The molecule has 0 saturated carbocycles. The van der Waals surface area contributed by atoms with Crippen LogP contribution >= 0.6 is 35.7 Å². The molecular formula is C16H27IN4S. The Morgan fingerprint density at radius 2 is 2.36 bits per heavy atom. The van der Waals surface area contributed by atoms with Gasteiger partial charge in [-0.3, -0.25) is 9.98 Å². The minimum Gasteiger partial charge on any atom is -0.356 e. The molecule has 1 aliphatic rings. The standard InChI is InChI=1S/C16H26N4S.HI/c1-4-15-12-20(9-10-21-15)16(17-3)19-8-6-14-5-7-18-11-13(14)2;/h5,7,11,15H,4,6,8-10,12H2,1-3H3,(H,17,19);1H. The van der Waals surface area contributed by atoms with Crippen LogP contribution in [-0.4, -0.2) is 53.5 Å². The number of thioether (sulfide) groups is 1. The van der Waals surface area contributed by atoms with Crippen LogP contribution in [0.25, 0.3) is 0 Å². The Balaban J connectivity index is 0.00000242. The number of pyridine rings is 1. The van der Waals surface area contributed by atoms with Gasteiger partial charge in [0.1, 0.15) is 0 Å². The molecule has 0 aliphatic carbocycles. The van der Waals surface area contributed by atoms with Crippen molar-refractivity contribution >= 4 is 41.7 Å². The van der Waals surface area contributed by atoms with Crippen LogP contribution in [0.1, 0.15) is 24.5 Å². The van der Waals surface area contributed by atoms with Gasteiger partial charge in [0, 0.05) is 50.1 Å². The second kappa shape index (κ2) is 10.3. The molecule has 1 saturated heterocycles. The lowest BCUT2D eigenvalue weighted by molar-refractivity contribution is 0.408. The van der Waals surface area contributed by atoms with Crippen molar-refractivity contribution in [2.24, 2.45) is 4.99 Å². The van der Waals surface area contributed by atoms with Gasteiger partial charge in [0.05, 0.1) is 0 Å². The highest BCUT2D eigenvalue weighted by Gasteiger charge is 2.21. The zero-order valence-electron chi connectivity index (χ0n) is 13.7. The molecule has 124 valence electrons. The van der Waals surface area contributed by atoms with Gasteiger partial charge in [0.15, 0.2) is 5.96 Å². The van der Waals surface area contributed by atoms with E-state index in [0.717, 1.165) is 37.3 Å². The smallest absolute Gasteiger partial charge is 0.193 e. The van der Waals surface area contributed by atoms with E-state index in [9.17, 15) is 0 Å². The van der Waals surface area contributed by atoms with Crippen LogP contribution in [-0.2, 0) is 6.42 Å². The van der Waals surface area contributed by atoms with Crippen molar-refractivity contribution < 1.29 is 0 Å². The van der Waals surface area contributed by atoms with E-state index in [1.54, 1.807) is 0 Å². The summed E-state index contributed by atoms with van der Waals surface area (Å²) in [6.07, 6.45) is 6.03. The first-order chi connectivity index (χ1) is 10.2. The van der Waals surface area contributed by atoms with E-state index in [-0.39, 0.29) is 24.0 Å². The summed E-state index contributed by atoms with van der Waals surface area (Å²) in [5, 5.41) is 4.24. The van der Waals surface area contributed by atoms with E-state index in [1.165, 1.54) is 23.3 Å². The molecule has 0 aromatic carbocycles. The Labute approximate surface area is 155 Å². The molecule has 1 fully saturated rings. The predicted molar refractivity (Wildman–Crippen MR) is 108 cm³/mol. The molecule has 4 nitrogen and oxygen atoms in total. The minimum atomic E-state index is 0. The molecule has 22 heavy (non-hydrogen) atoms. The molecule has 0 radical (unpaired) electrons. The van der Waals surface area contributed by atoms with Crippen LogP contribution in [0.5, 0.6) is 0 Å². The highest BCUT2D eigenvalue weighted by Crippen LogP contribution is 2.20. The number of aromatic nitrogens is 1. The summed E-state index contributed by atoms with van der Waals surface area (Å²) in [5.41, 5.74) is 2.61. The van der Waals surface area contributed by atoms with Crippen molar-refractivity contribution in [1.82, 2.24) is 15.2 Å². The summed E-state index contributed by atoms with van der Waals surface area (Å²) < 4.78 is 0. The molecule has 1 aliphatic heterocycles. The molecule has 0 spiro atoms. The maximum Gasteiger partial charge on any atom is 0.193 e. The number of hydrogen-bond donors (Lipinski definition) is 1. The van der Waals surface area contributed by atoms with Crippen molar-refractivity contribution in [2.75, 3.05) is 32.4 Å². The number of hydrogen-bond acceptors (Lipinski definition) is 3. The number of rotatable bonds is 4. The molecule has 0 bridgehead atoms. The molecule has 6 heteroatoms. The zero-order chi connectivity index (χ0) is 15.1. The first kappa shape index (κ1) is 19.5. The average molecular weight is 434 g/mol. The van der Waals surface area contributed by atoms with E-state index in [1.807, 2.05) is 19.4 Å². The van der Waals surface area contributed by atoms with Crippen LogP contribution in [0.15, 0.2) is 23.5 Å². The quantitative estimate of drug-likeness (QED) is 0.450. The normalized spacial score (nSPS) is 18.8. The van der Waals surface area contributed by atoms with Gasteiger partial charge in [0.25, 0.3) is 0 Å².